The minimum Gasteiger partial charge on any atom is -0.315 e. The van der Waals surface area contributed by atoms with Crippen molar-refractivity contribution in [3.8, 4) is 0 Å². The van der Waals surface area contributed by atoms with E-state index in [9.17, 15) is 18.0 Å². The Hall–Kier alpha value is -1.78. The molecule has 0 spiro atoms. The molecular formula is C12H10F3NO. The van der Waals surface area contributed by atoms with E-state index in [1.54, 1.807) is 18.3 Å². The molecule has 1 aromatic rings. The number of hydrogen-bond donors (Lipinski definition) is 0. The summed E-state index contributed by atoms with van der Waals surface area (Å²) in [5.74, 6) is -0.0950. The van der Waals surface area contributed by atoms with Crippen molar-refractivity contribution in [2.45, 2.75) is 19.1 Å². The first-order valence-electron chi connectivity index (χ1n) is 5.09. The average molecular weight is 241 g/mol. The first kappa shape index (κ1) is 11.7. The molecule has 1 aromatic carbocycles. The van der Waals surface area contributed by atoms with Crippen LogP contribution in [0.4, 0.5) is 13.2 Å². The Kier molecular flexibility index (Phi) is 2.92. The quantitative estimate of drug-likeness (QED) is 0.779. The summed E-state index contributed by atoms with van der Waals surface area (Å²) in [6.07, 6.45) is -0.738. The highest BCUT2D eigenvalue weighted by Crippen LogP contribution is 2.29. The van der Waals surface area contributed by atoms with Crippen molar-refractivity contribution in [2.24, 2.45) is 0 Å². The van der Waals surface area contributed by atoms with E-state index in [4.69, 9.17) is 0 Å². The van der Waals surface area contributed by atoms with Crippen LogP contribution in [-0.4, -0.2) is 10.8 Å². The monoisotopic (exact) mass is 241 g/mol. The molecule has 5 heteroatoms. The molecule has 1 heterocycles. The van der Waals surface area contributed by atoms with Crippen LogP contribution >= 0.6 is 0 Å². The van der Waals surface area contributed by atoms with Crippen molar-refractivity contribution >= 4 is 5.91 Å². The van der Waals surface area contributed by atoms with Gasteiger partial charge in [0.15, 0.2) is 0 Å². The first-order chi connectivity index (χ1) is 7.97. The van der Waals surface area contributed by atoms with Crippen LogP contribution in [-0.2, 0) is 17.5 Å². The summed E-state index contributed by atoms with van der Waals surface area (Å²) in [6, 6.07) is 5.02. The van der Waals surface area contributed by atoms with Gasteiger partial charge < -0.3 is 4.90 Å². The molecule has 17 heavy (non-hydrogen) atoms. The van der Waals surface area contributed by atoms with Crippen LogP contribution in [0, 0.1) is 0 Å². The van der Waals surface area contributed by atoms with Gasteiger partial charge in [-0.2, -0.15) is 13.2 Å². The molecule has 0 saturated heterocycles. The van der Waals surface area contributed by atoms with Gasteiger partial charge in [0.25, 0.3) is 0 Å². The van der Waals surface area contributed by atoms with Gasteiger partial charge in [-0.25, -0.2) is 0 Å². The molecule has 1 aliphatic heterocycles. The topological polar surface area (TPSA) is 20.3 Å². The summed E-state index contributed by atoms with van der Waals surface area (Å²) in [4.78, 5) is 12.7. The molecule has 1 amide bonds. The summed E-state index contributed by atoms with van der Waals surface area (Å²) in [7, 11) is 0. The maximum Gasteiger partial charge on any atom is 0.416 e. The third-order valence-electron chi connectivity index (χ3n) is 2.51. The molecule has 0 fully saturated rings. The lowest BCUT2D eigenvalue weighted by molar-refractivity contribution is -0.137. The summed E-state index contributed by atoms with van der Waals surface area (Å²) in [6.45, 7) is 0.180. The minimum atomic E-state index is -4.35. The zero-order valence-electron chi connectivity index (χ0n) is 8.87. The molecule has 0 aromatic heterocycles. The Morgan fingerprint density at radius 3 is 2.65 bits per heavy atom. The van der Waals surface area contributed by atoms with Crippen molar-refractivity contribution in [1.82, 2.24) is 4.90 Å². The van der Waals surface area contributed by atoms with E-state index in [0.717, 1.165) is 12.1 Å². The van der Waals surface area contributed by atoms with E-state index in [-0.39, 0.29) is 12.5 Å². The lowest BCUT2D eigenvalue weighted by Gasteiger charge is -2.15. The molecule has 2 rings (SSSR count). The van der Waals surface area contributed by atoms with Gasteiger partial charge in [0.1, 0.15) is 0 Å². The second-order valence-electron chi connectivity index (χ2n) is 3.81. The fourth-order valence-corrected chi connectivity index (χ4v) is 1.66. The third-order valence-corrected chi connectivity index (χ3v) is 2.51. The molecule has 0 aliphatic carbocycles. The second kappa shape index (κ2) is 4.24. The lowest BCUT2D eigenvalue weighted by atomic mass is 10.1. The number of carbonyl (C=O) groups excluding carboxylic acids is 1. The predicted octanol–water partition coefficient (Wildman–Crippen LogP) is 2.95. The van der Waals surface area contributed by atoms with Gasteiger partial charge in [-0.1, -0.05) is 18.2 Å². The highest BCUT2D eigenvalue weighted by atomic mass is 19.4. The predicted molar refractivity (Wildman–Crippen MR) is 55.8 cm³/mol. The van der Waals surface area contributed by atoms with E-state index in [0.29, 0.717) is 12.0 Å². The number of carbonyl (C=O) groups is 1. The molecule has 2 nitrogen and oxygen atoms in total. The molecule has 90 valence electrons. The molecule has 0 N–H and O–H groups in total. The zero-order valence-corrected chi connectivity index (χ0v) is 8.87. The van der Waals surface area contributed by atoms with E-state index >= 15 is 0 Å². The number of benzene rings is 1. The number of alkyl halides is 3. The highest BCUT2D eigenvalue weighted by molar-refractivity contribution is 5.81. The van der Waals surface area contributed by atoms with E-state index in [1.807, 2.05) is 0 Å². The Morgan fingerprint density at radius 2 is 2.06 bits per heavy atom. The fourth-order valence-electron chi connectivity index (χ4n) is 1.66. The number of halogens is 3. The van der Waals surface area contributed by atoms with Gasteiger partial charge in [-0.3, -0.25) is 4.79 Å². The third kappa shape index (κ3) is 2.67. The van der Waals surface area contributed by atoms with Gasteiger partial charge in [0.2, 0.25) is 5.91 Å². The van der Waals surface area contributed by atoms with Crippen molar-refractivity contribution in [2.75, 3.05) is 0 Å². The number of hydrogen-bond acceptors (Lipinski definition) is 1. The van der Waals surface area contributed by atoms with E-state index < -0.39 is 11.7 Å². The van der Waals surface area contributed by atoms with Crippen molar-refractivity contribution < 1.29 is 18.0 Å². The highest BCUT2D eigenvalue weighted by Gasteiger charge is 2.30. The normalized spacial score (nSPS) is 15.7. The summed E-state index contributed by atoms with van der Waals surface area (Å²) in [5, 5.41) is 0. The average Bonchev–Trinajstić information content (AvgIpc) is 2.64. The largest absolute Gasteiger partial charge is 0.416 e. The zero-order chi connectivity index (χ0) is 12.5. The van der Waals surface area contributed by atoms with Crippen LogP contribution in [0.15, 0.2) is 36.5 Å². The van der Waals surface area contributed by atoms with Crippen LogP contribution in [0.5, 0.6) is 0 Å². The van der Waals surface area contributed by atoms with Gasteiger partial charge in [-0.15, -0.1) is 0 Å². The Balaban J connectivity index is 2.17. The van der Waals surface area contributed by atoms with Crippen LogP contribution in [0.25, 0.3) is 0 Å². The molecule has 0 unspecified atom stereocenters. The molecule has 0 radical (unpaired) electrons. The molecule has 1 aliphatic rings. The summed E-state index contributed by atoms with van der Waals surface area (Å²) in [5.41, 5.74) is -0.217. The van der Waals surface area contributed by atoms with Crippen molar-refractivity contribution in [3.05, 3.63) is 47.7 Å². The van der Waals surface area contributed by atoms with Gasteiger partial charge in [0.05, 0.1) is 12.1 Å². The lowest BCUT2D eigenvalue weighted by Crippen LogP contribution is -2.20. The van der Waals surface area contributed by atoms with E-state index in [2.05, 4.69) is 0 Å². The Morgan fingerprint density at radius 1 is 1.29 bits per heavy atom. The summed E-state index contributed by atoms with van der Waals surface area (Å²) >= 11 is 0. The maximum absolute atomic E-state index is 12.5. The van der Waals surface area contributed by atoms with Gasteiger partial charge in [0, 0.05) is 12.6 Å². The molecular weight excluding hydrogens is 231 g/mol. The van der Waals surface area contributed by atoms with Gasteiger partial charge >= 0.3 is 6.18 Å². The van der Waals surface area contributed by atoms with Crippen LogP contribution in [0.2, 0.25) is 0 Å². The Labute approximate surface area is 96.3 Å². The fraction of sp³-hybridized carbons (Fsp3) is 0.250. The van der Waals surface area contributed by atoms with Crippen molar-refractivity contribution in [3.63, 3.8) is 0 Å². The number of nitrogens with zero attached hydrogens (tertiary/aromatic N) is 1. The molecule has 0 bridgehead atoms. The maximum atomic E-state index is 12.5. The molecule has 0 saturated carbocycles. The smallest absolute Gasteiger partial charge is 0.315 e. The first-order valence-corrected chi connectivity index (χ1v) is 5.09. The molecule has 0 atom stereocenters. The standard InChI is InChI=1S/C12H10F3NO/c13-12(14,15)10-4-1-3-9(7-10)8-16-6-2-5-11(16)17/h1-4,6-7H,5,8H2. The minimum absolute atomic E-state index is 0.0950. The van der Waals surface area contributed by atoms with Crippen LogP contribution in [0.3, 0.4) is 0 Å². The van der Waals surface area contributed by atoms with Crippen molar-refractivity contribution in [1.29, 1.82) is 0 Å². The van der Waals surface area contributed by atoms with Crippen LogP contribution < -0.4 is 0 Å². The summed E-state index contributed by atoms with van der Waals surface area (Å²) < 4.78 is 37.4. The SMILES string of the molecule is O=C1CC=CN1Cc1cccc(C(F)(F)F)c1. The van der Waals surface area contributed by atoms with Gasteiger partial charge in [-0.05, 0) is 17.7 Å². The second-order valence-corrected chi connectivity index (χ2v) is 3.81. The number of rotatable bonds is 2. The Bertz CT molecular complexity index is 465. The van der Waals surface area contributed by atoms with E-state index in [1.165, 1.54) is 11.0 Å². The van der Waals surface area contributed by atoms with Crippen LogP contribution in [0.1, 0.15) is 17.5 Å². The number of amides is 1.